The second kappa shape index (κ2) is 6.13. The molecule has 0 aliphatic carbocycles. The standard InChI is InChI=1S/C15H15FN2O3/c1-20-12-3-4-14(21-2)13(8-12)18-15(19)9-5-10(16)7-11(17)6-9/h3-8H,17H2,1-2H3,(H,18,19). The summed E-state index contributed by atoms with van der Waals surface area (Å²) in [4.78, 5) is 12.2. The second-order valence-electron chi connectivity index (χ2n) is 4.29. The van der Waals surface area contributed by atoms with Crippen LogP contribution in [0.25, 0.3) is 0 Å². The summed E-state index contributed by atoms with van der Waals surface area (Å²) in [6.07, 6.45) is 0. The van der Waals surface area contributed by atoms with Crippen LogP contribution < -0.4 is 20.5 Å². The zero-order valence-electron chi connectivity index (χ0n) is 11.6. The lowest BCUT2D eigenvalue weighted by Gasteiger charge is -2.12. The molecule has 2 rings (SSSR count). The van der Waals surface area contributed by atoms with E-state index in [2.05, 4.69) is 5.32 Å². The number of rotatable bonds is 4. The maximum Gasteiger partial charge on any atom is 0.255 e. The van der Waals surface area contributed by atoms with Crippen LogP contribution in [-0.2, 0) is 0 Å². The first kappa shape index (κ1) is 14.6. The third-order valence-corrected chi connectivity index (χ3v) is 2.84. The molecular weight excluding hydrogens is 275 g/mol. The monoisotopic (exact) mass is 290 g/mol. The molecule has 21 heavy (non-hydrogen) atoms. The normalized spacial score (nSPS) is 10.0. The first-order valence-electron chi connectivity index (χ1n) is 6.13. The smallest absolute Gasteiger partial charge is 0.255 e. The Morgan fingerprint density at radius 3 is 2.52 bits per heavy atom. The van der Waals surface area contributed by atoms with E-state index >= 15 is 0 Å². The van der Waals surface area contributed by atoms with Gasteiger partial charge in [-0.3, -0.25) is 4.79 Å². The van der Waals surface area contributed by atoms with Gasteiger partial charge in [-0.15, -0.1) is 0 Å². The quantitative estimate of drug-likeness (QED) is 0.849. The fraction of sp³-hybridized carbons (Fsp3) is 0.133. The van der Waals surface area contributed by atoms with E-state index in [1.165, 1.54) is 20.3 Å². The van der Waals surface area contributed by atoms with Crippen LogP contribution in [0.3, 0.4) is 0 Å². The van der Waals surface area contributed by atoms with E-state index < -0.39 is 11.7 Å². The van der Waals surface area contributed by atoms with Gasteiger partial charge in [0.1, 0.15) is 17.3 Å². The van der Waals surface area contributed by atoms with E-state index in [0.717, 1.165) is 12.1 Å². The minimum Gasteiger partial charge on any atom is -0.497 e. The first-order valence-corrected chi connectivity index (χ1v) is 6.13. The number of hydrogen-bond donors (Lipinski definition) is 2. The van der Waals surface area contributed by atoms with Crippen molar-refractivity contribution < 1.29 is 18.7 Å². The molecule has 0 saturated carbocycles. The minimum absolute atomic E-state index is 0.123. The number of hydrogen-bond acceptors (Lipinski definition) is 4. The number of nitrogen functional groups attached to an aromatic ring is 1. The molecule has 110 valence electrons. The highest BCUT2D eigenvalue weighted by atomic mass is 19.1. The molecule has 0 atom stereocenters. The van der Waals surface area contributed by atoms with Crippen molar-refractivity contribution in [1.29, 1.82) is 0 Å². The maximum atomic E-state index is 13.3. The molecule has 0 aromatic heterocycles. The number of nitrogens with two attached hydrogens (primary N) is 1. The number of carbonyl (C=O) groups is 1. The Balaban J connectivity index is 2.30. The molecule has 1 amide bonds. The number of benzene rings is 2. The average Bonchev–Trinajstić information content (AvgIpc) is 2.46. The van der Waals surface area contributed by atoms with E-state index in [1.807, 2.05) is 0 Å². The summed E-state index contributed by atoms with van der Waals surface area (Å²) in [6.45, 7) is 0. The topological polar surface area (TPSA) is 73.6 Å². The molecule has 0 saturated heterocycles. The van der Waals surface area contributed by atoms with Gasteiger partial charge in [-0.25, -0.2) is 4.39 Å². The molecular formula is C15H15FN2O3. The third kappa shape index (κ3) is 3.42. The van der Waals surface area contributed by atoms with Gasteiger partial charge in [-0.1, -0.05) is 0 Å². The summed E-state index contributed by atoms with van der Waals surface area (Å²) in [5.74, 6) is -0.0381. The highest BCUT2D eigenvalue weighted by Gasteiger charge is 2.12. The summed E-state index contributed by atoms with van der Waals surface area (Å²) < 4.78 is 23.5. The largest absolute Gasteiger partial charge is 0.497 e. The van der Waals surface area contributed by atoms with Gasteiger partial charge in [0.25, 0.3) is 5.91 Å². The predicted octanol–water partition coefficient (Wildman–Crippen LogP) is 2.68. The van der Waals surface area contributed by atoms with E-state index in [-0.39, 0.29) is 11.3 Å². The summed E-state index contributed by atoms with van der Waals surface area (Å²) in [5, 5.41) is 2.64. The van der Waals surface area contributed by atoms with Crippen LogP contribution >= 0.6 is 0 Å². The molecule has 3 N–H and O–H groups in total. The second-order valence-corrected chi connectivity index (χ2v) is 4.29. The zero-order chi connectivity index (χ0) is 15.4. The molecule has 0 aliphatic rings. The molecule has 0 heterocycles. The van der Waals surface area contributed by atoms with Crippen molar-refractivity contribution in [2.75, 3.05) is 25.3 Å². The van der Waals surface area contributed by atoms with Crippen LogP contribution in [0.15, 0.2) is 36.4 Å². The van der Waals surface area contributed by atoms with Crippen molar-refractivity contribution in [3.8, 4) is 11.5 Å². The van der Waals surface area contributed by atoms with Crippen molar-refractivity contribution >= 4 is 17.3 Å². The number of amides is 1. The van der Waals surface area contributed by atoms with Crippen LogP contribution in [0, 0.1) is 5.82 Å². The Morgan fingerprint density at radius 1 is 1.14 bits per heavy atom. The number of anilines is 2. The highest BCUT2D eigenvalue weighted by Crippen LogP contribution is 2.29. The Labute approximate surface area is 121 Å². The van der Waals surface area contributed by atoms with Gasteiger partial charge < -0.3 is 20.5 Å². The SMILES string of the molecule is COc1ccc(OC)c(NC(=O)c2cc(N)cc(F)c2)c1. The lowest BCUT2D eigenvalue weighted by Crippen LogP contribution is -2.13. The summed E-state index contributed by atoms with van der Waals surface area (Å²) >= 11 is 0. The molecule has 2 aromatic carbocycles. The van der Waals surface area contributed by atoms with Gasteiger partial charge in [0.05, 0.1) is 19.9 Å². The summed E-state index contributed by atoms with van der Waals surface area (Å²) in [5.41, 5.74) is 6.25. The van der Waals surface area contributed by atoms with Crippen molar-refractivity contribution in [3.05, 3.63) is 47.8 Å². The third-order valence-electron chi connectivity index (χ3n) is 2.84. The first-order chi connectivity index (χ1) is 10.0. The van der Waals surface area contributed by atoms with Gasteiger partial charge in [-0.05, 0) is 30.3 Å². The van der Waals surface area contributed by atoms with E-state index in [4.69, 9.17) is 15.2 Å². The fourth-order valence-electron chi connectivity index (χ4n) is 1.85. The molecule has 0 radical (unpaired) electrons. The summed E-state index contributed by atoms with van der Waals surface area (Å²) in [7, 11) is 3.00. The summed E-state index contributed by atoms with van der Waals surface area (Å²) in [6, 6.07) is 8.62. The van der Waals surface area contributed by atoms with Crippen molar-refractivity contribution in [2.24, 2.45) is 0 Å². The Bertz CT molecular complexity index is 654. The Kier molecular flexibility index (Phi) is 4.27. The van der Waals surface area contributed by atoms with Gasteiger partial charge in [0.2, 0.25) is 0 Å². The lowest BCUT2D eigenvalue weighted by atomic mass is 10.1. The van der Waals surface area contributed by atoms with Crippen molar-refractivity contribution in [3.63, 3.8) is 0 Å². The van der Waals surface area contributed by atoms with Gasteiger partial charge in [0.15, 0.2) is 0 Å². The highest BCUT2D eigenvalue weighted by molar-refractivity contribution is 6.05. The van der Waals surface area contributed by atoms with Crippen molar-refractivity contribution in [2.45, 2.75) is 0 Å². The van der Waals surface area contributed by atoms with E-state index in [0.29, 0.717) is 17.2 Å². The number of halogens is 1. The van der Waals surface area contributed by atoms with Gasteiger partial charge in [-0.2, -0.15) is 0 Å². The van der Waals surface area contributed by atoms with Crippen LogP contribution in [0.2, 0.25) is 0 Å². The fourth-order valence-corrected chi connectivity index (χ4v) is 1.85. The minimum atomic E-state index is -0.572. The zero-order valence-corrected chi connectivity index (χ0v) is 11.6. The molecule has 0 bridgehead atoms. The number of ether oxygens (including phenoxy) is 2. The molecule has 0 spiro atoms. The molecule has 5 nitrogen and oxygen atoms in total. The maximum absolute atomic E-state index is 13.3. The Morgan fingerprint density at radius 2 is 1.90 bits per heavy atom. The predicted molar refractivity (Wildman–Crippen MR) is 78.3 cm³/mol. The number of carbonyl (C=O) groups excluding carboxylic acids is 1. The molecule has 6 heteroatoms. The van der Waals surface area contributed by atoms with E-state index in [1.54, 1.807) is 18.2 Å². The van der Waals surface area contributed by atoms with E-state index in [9.17, 15) is 9.18 Å². The molecule has 2 aromatic rings. The average molecular weight is 290 g/mol. The van der Waals surface area contributed by atoms with Gasteiger partial charge >= 0.3 is 0 Å². The lowest BCUT2D eigenvalue weighted by molar-refractivity contribution is 0.102. The molecule has 0 aliphatic heterocycles. The number of methoxy groups -OCH3 is 2. The Hall–Kier alpha value is -2.76. The van der Waals surface area contributed by atoms with Crippen LogP contribution in [0.4, 0.5) is 15.8 Å². The number of nitrogens with one attached hydrogen (secondary N) is 1. The molecule has 0 unspecified atom stereocenters. The molecule has 0 fully saturated rings. The van der Waals surface area contributed by atoms with Crippen LogP contribution in [-0.4, -0.2) is 20.1 Å². The van der Waals surface area contributed by atoms with Crippen molar-refractivity contribution in [1.82, 2.24) is 0 Å². The van der Waals surface area contributed by atoms with Gasteiger partial charge in [0, 0.05) is 17.3 Å². The van der Waals surface area contributed by atoms with Crippen LogP contribution in [0.5, 0.6) is 11.5 Å². The van der Waals surface area contributed by atoms with Crippen LogP contribution in [0.1, 0.15) is 10.4 Å².